The van der Waals surface area contributed by atoms with Crippen LogP contribution in [0.1, 0.15) is 6.42 Å². The molecule has 0 unspecified atom stereocenters. The molecule has 0 saturated heterocycles. The van der Waals surface area contributed by atoms with Gasteiger partial charge < -0.3 is 15.5 Å². The number of carboxylic acids is 2. The summed E-state index contributed by atoms with van der Waals surface area (Å²) in [4.78, 5) is 20.2. The van der Waals surface area contributed by atoms with Crippen LogP contribution >= 0.6 is 0 Å². The first-order chi connectivity index (χ1) is 5.07. The predicted octanol–water partition coefficient (Wildman–Crippen LogP) is -0.889. The maximum absolute atomic E-state index is 10.2. The van der Waals surface area contributed by atoms with Crippen molar-refractivity contribution in [3.63, 3.8) is 0 Å². The van der Waals surface area contributed by atoms with Gasteiger partial charge in [-0.2, -0.15) is 0 Å². The summed E-state index contributed by atoms with van der Waals surface area (Å²) in [5.41, 5.74) is 0. The maximum atomic E-state index is 10.2. The molecule has 62 valence electrons. The van der Waals surface area contributed by atoms with Gasteiger partial charge in [-0.25, -0.2) is 4.79 Å². The van der Waals surface area contributed by atoms with Crippen molar-refractivity contribution in [3.8, 4) is 0 Å². The van der Waals surface area contributed by atoms with E-state index in [2.05, 4.69) is 5.32 Å². The molecule has 0 radical (unpaired) electrons. The summed E-state index contributed by atoms with van der Waals surface area (Å²) in [7, 11) is 0. The molecular weight excluding hydrogens is 152 g/mol. The summed E-state index contributed by atoms with van der Waals surface area (Å²) in [6, 6.07) is -1.22. The number of carbonyl (C=O) groups is 2. The Morgan fingerprint density at radius 1 is 1.55 bits per heavy atom. The van der Waals surface area contributed by atoms with Crippen LogP contribution in [0.4, 0.5) is 0 Å². The lowest BCUT2D eigenvalue weighted by Crippen LogP contribution is -2.37. The van der Waals surface area contributed by atoms with Crippen molar-refractivity contribution in [3.05, 3.63) is 0 Å². The zero-order valence-electron chi connectivity index (χ0n) is 5.57. The quantitative estimate of drug-likeness (QED) is 0.308. The topological polar surface area (TPSA) is 110 Å². The van der Waals surface area contributed by atoms with E-state index in [0.717, 1.165) is 0 Å². The third-order valence-electron chi connectivity index (χ3n) is 0.961. The minimum absolute atomic E-state index is 0.537. The molecule has 0 saturated carbocycles. The van der Waals surface area contributed by atoms with Gasteiger partial charge in [0.15, 0.2) is 0 Å². The van der Waals surface area contributed by atoms with Gasteiger partial charge in [0.05, 0.1) is 12.8 Å². The molecule has 6 nitrogen and oxygen atoms in total. The fraction of sp³-hybridized carbons (Fsp3) is 0.400. The Bertz CT molecular complexity index is 179. The van der Waals surface area contributed by atoms with E-state index in [4.69, 9.17) is 15.6 Å². The Labute approximate surface area is 62.3 Å². The summed E-state index contributed by atoms with van der Waals surface area (Å²) < 4.78 is 0. The molecule has 0 heterocycles. The Morgan fingerprint density at radius 3 is 2.36 bits per heavy atom. The van der Waals surface area contributed by atoms with E-state index in [0.29, 0.717) is 6.34 Å². The first-order valence-corrected chi connectivity index (χ1v) is 2.77. The highest BCUT2D eigenvalue weighted by Crippen LogP contribution is 1.90. The van der Waals surface area contributed by atoms with Crippen LogP contribution in [0.5, 0.6) is 0 Å². The average molecular weight is 160 g/mol. The molecule has 0 bridgehead atoms. The van der Waals surface area contributed by atoms with Gasteiger partial charge in [-0.15, -0.1) is 0 Å². The first-order valence-electron chi connectivity index (χ1n) is 2.77. The van der Waals surface area contributed by atoms with E-state index in [-0.39, 0.29) is 0 Å². The van der Waals surface area contributed by atoms with Crippen LogP contribution in [0, 0.1) is 5.41 Å². The van der Waals surface area contributed by atoms with Crippen LogP contribution in [0.25, 0.3) is 0 Å². The fourth-order valence-corrected chi connectivity index (χ4v) is 0.493. The monoisotopic (exact) mass is 160 g/mol. The smallest absolute Gasteiger partial charge is 0.326 e. The zero-order chi connectivity index (χ0) is 8.85. The lowest BCUT2D eigenvalue weighted by Gasteiger charge is -2.07. The van der Waals surface area contributed by atoms with Crippen LogP contribution in [0.3, 0.4) is 0 Å². The van der Waals surface area contributed by atoms with E-state index in [9.17, 15) is 9.59 Å². The molecule has 0 fully saturated rings. The zero-order valence-corrected chi connectivity index (χ0v) is 5.57. The van der Waals surface area contributed by atoms with Gasteiger partial charge in [0, 0.05) is 0 Å². The molecule has 1 atom stereocenters. The lowest BCUT2D eigenvalue weighted by molar-refractivity contribution is -0.145. The van der Waals surface area contributed by atoms with Crippen molar-refractivity contribution in [2.75, 3.05) is 0 Å². The van der Waals surface area contributed by atoms with Gasteiger partial charge in [-0.1, -0.05) is 0 Å². The standard InChI is InChI=1S/C5H8N2O4/c6-2-7-3(5(10)11)1-4(8)9/h2-3H,1H2,(H2,6,7)(H,8,9)(H,10,11)/t3-/m0/s1. The van der Waals surface area contributed by atoms with Gasteiger partial charge in [0.1, 0.15) is 6.04 Å². The molecule has 0 spiro atoms. The van der Waals surface area contributed by atoms with Crippen molar-refractivity contribution in [1.29, 1.82) is 5.41 Å². The Kier molecular flexibility index (Phi) is 3.65. The number of aliphatic carboxylic acids is 2. The normalized spacial score (nSPS) is 11.6. The first kappa shape index (κ1) is 9.41. The van der Waals surface area contributed by atoms with E-state index in [1.807, 2.05) is 0 Å². The summed E-state index contributed by atoms with van der Waals surface area (Å²) in [6.07, 6.45) is 0.117. The van der Waals surface area contributed by atoms with Crippen molar-refractivity contribution < 1.29 is 19.8 Å². The van der Waals surface area contributed by atoms with E-state index < -0.39 is 24.4 Å². The SMILES string of the molecule is N=CN[C@@H](CC(=O)O)C(=O)O. The highest BCUT2D eigenvalue weighted by atomic mass is 16.4. The van der Waals surface area contributed by atoms with Crippen LogP contribution in [-0.2, 0) is 9.59 Å². The van der Waals surface area contributed by atoms with Crippen LogP contribution in [-0.4, -0.2) is 34.5 Å². The average Bonchev–Trinajstić information content (AvgIpc) is 1.86. The molecule has 11 heavy (non-hydrogen) atoms. The van der Waals surface area contributed by atoms with Gasteiger partial charge in [-0.3, -0.25) is 10.2 Å². The van der Waals surface area contributed by atoms with Crippen molar-refractivity contribution in [2.45, 2.75) is 12.5 Å². The van der Waals surface area contributed by atoms with Crippen LogP contribution < -0.4 is 5.32 Å². The molecule has 0 amide bonds. The molecule has 0 aromatic heterocycles. The van der Waals surface area contributed by atoms with Crippen LogP contribution in [0.2, 0.25) is 0 Å². The van der Waals surface area contributed by atoms with E-state index in [1.54, 1.807) is 0 Å². The predicted molar refractivity (Wildman–Crippen MR) is 35.6 cm³/mol. The highest BCUT2D eigenvalue weighted by molar-refractivity contribution is 5.82. The summed E-state index contributed by atoms with van der Waals surface area (Å²) in [5.74, 6) is -2.50. The summed E-state index contributed by atoms with van der Waals surface area (Å²) >= 11 is 0. The van der Waals surface area contributed by atoms with E-state index in [1.165, 1.54) is 0 Å². The highest BCUT2D eigenvalue weighted by Gasteiger charge is 2.18. The fourth-order valence-electron chi connectivity index (χ4n) is 0.493. The molecule has 0 aliphatic rings. The second kappa shape index (κ2) is 4.26. The Morgan fingerprint density at radius 2 is 2.09 bits per heavy atom. The van der Waals surface area contributed by atoms with Crippen molar-refractivity contribution in [2.24, 2.45) is 0 Å². The van der Waals surface area contributed by atoms with Gasteiger partial charge in [-0.05, 0) is 0 Å². The third-order valence-corrected chi connectivity index (χ3v) is 0.961. The number of hydrogen-bond donors (Lipinski definition) is 4. The molecule has 0 aliphatic heterocycles. The Balaban J connectivity index is 3.99. The lowest BCUT2D eigenvalue weighted by atomic mass is 10.2. The second-order valence-corrected chi connectivity index (χ2v) is 1.80. The molecule has 0 aromatic carbocycles. The minimum Gasteiger partial charge on any atom is -0.481 e. The molecule has 6 heteroatoms. The Hall–Kier alpha value is -1.59. The number of nitrogens with one attached hydrogen (secondary N) is 2. The summed E-state index contributed by atoms with van der Waals surface area (Å²) in [6.45, 7) is 0. The van der Waals surface area contributed by atoms with Gasteiger partial charge >= 0.3 is 11.9 Å². The van der Waals surface area contributed by atoms with Crippen LogP contribution in [0.15, 0.2) is 0 Å². The van der Waals surface area contributed by atoms with E-state index >= 15 is 0 Å². The molecule has 0 aliphatic carbocycles. The number of carboxylic acid groups (broad SMARTS) is 2. The summed E-state index contributed by atoms with van der Waals surface area (Å²) in [5, 5.41) is 25.1. The molecule has 0 aromatic rings. The number of hydrogen-bond acceptors (Lipinski definition) is 3. The molecule has 4 N–H and O–H groups in total. The van der Waals surface area contributed by atoms with Gasteiger partial charge in [0.25, 0.3) is 0 Å². The molecule has 0 rings (SSSR count). The number of rotatable bonds is 5. The molecular formula is C5H8N2O4. The van der Waals surface area contributed by atoms with Crippen molar-refractivity contribution >= 4 is 18.3 Å². The second-order valence-electron chi connectivity index (χ2n) is 1.80. The van der Waals surface area contributed by atoms with Gasteiger partial charge in [0.2, 0.25) is 0 Å². The maximum Gasteiger partial charge on any atom is 0.326 e. The third kappa shape index (κ3) is 3.90. The largest absolute Gasteiger partial charge is 0.481 e. The van der Waals surface area contributed by atoms with Crippen molar-refractivity contribution in [1.82, 2.24) is 5.32 Å². The minimum atomic E-state index is -1.28.